The SMILES string of the molecule is CC(C)N(C(C)C)P(C)N(C(C)C)C(C)C.[B][C@@H]1O[C@@H]2COP(C)(=O)O[C@H]2[C@@]1(C)F.[B][C@@H]1O[C@@H]2COP(C)O[C@H]2[C@@]1(C)F.[B][C@@H]1O[C@H](CO)[C@@H](O)[C@@]1(C)F. The zero-order chi connectivity index (χ0) is 41.9. The second-order valence-electron chi connectivity index (χ2n) is 15.8. The minimum atomic E-state index is -3.14. The van der Waals surface area contributed by atoms with Crippen LogP contribution in [0.5, 0.6) is 0 Å². The molecule has 6 radical (unpaired) electrons. The molecule has 5 saturated heterocycles. The molecule has 5 fully saturated rings. The van der Waals surface area contributed by atoms with E-state index in [9.17, 15) is 17.7 Å². The number of nitrogens with zero attached hydrogens (tertiary/aromatic N) is 2. The quantitative estimate of drug-likeness (QED) is 0.267. The molecule has 21 heteroatoms. The molecule has 5 heterocycles. The molecule has 5 aliphatic heterocycles. The number of halogens is 3. The number of rotatable bonds is 7. The maximum absolute atomic E-state index is 13.9. The lowest BCUT2D eigenvalue weighted by molar-refractivity contribution is -0.0344. The van der Waals surface area contributed by atoms with Crippen LogP contribution in [0.25, 0.3) is 0 Å². The standard InChI is InChI=1S/C13H31N2P.C7H11BFO4P.C7H11BFO3P.C6H10BFO3/c1-10(2)14(11(3)4)16(9)15(12(5)6)13(7)8;1-7(9)5-4(12-6(7)8)3-11-14(2,10)13-5;1-7(9)5-4(11-6(7)8)3-10-13(2)12-5;1-6(8)4(10)3(2-9)11-5(6)7/h10-13H,1-9H3;4-6H,3H2,1-2H3;4-6H,3H2,1-2H3;3-5,9-10H,2H2,1H3/t;4-,5-,6-,7-,14?;4-,5-,6-,7-,13?;3-,4-,5-,6-/m.111/s1. The van der Waals surface area contributed by atoms with Crippen LogP contribution in [0.4, 0.5) is 13.2 Å². The van der Waals surface area contributed by atoms with Gasteiger partial charge in [-0.25, -0.2) is 13.2 Å². The Morgan fingerprint density at radius 2 is 1.20 bits per heavy atom. The van der Waals surface area contributed by atoms with E-state index in [1.807, 2.05) is 0 Å². The number of hydrogen-bond donors (Lipinski definition) is 2. The summed E-state index contributed by atoms with van der Waals surface area (Å²) in [4.78, 5) is 0. The highest BCUT2D eigenvalue weighted by Gasteiger charge is 2.57. The molecule has 0 aromatic carbocycles. The minimum absolute atomic E-state index is 0.0612. The molecule has 54 heavy (non-hydrogen) atoms. The average Bonchev–Trinajstić information content (AvgIpc) is 3.48. The number of aliphatic hydroxyl groups excluding tert-OH is 2. The van der Waals surface area contributed by atoms with Gasteiger partial charge >= 0.3 is 7.60 Å². The van der Waals surface area contributed by atoms with E-state index in [4.69, 9.17) is 66.1 Å². The highest BCUT2D eigenvalue weighted by atomic mass is 31.2. The van der Waals surface area contributed by atoms with Crippen LogP contribution in [0.3, 0.4) is 0 Å². The van der Waals surface area contributed by atoms with Crippen molar-refractivity contribution < 1.29 is 60.3 Å². The van der Waals surface area contributed by atoms with Gasteiger partial charge in [-0.1, -0.05) is 0 Å². The van der Waals surface area contributed by atoms with Crippen molar-refractivity contribution in [2.24, 2.45) is 0 Å². The van der Waals surface area contributed by atoms with Gasteiger partial charge in [-0.15, -0.1) is 0 Å². The van der Waals surface area contributed by atoms with E-state index in [0.29, 0.717) is 30.8 Å². The summed E-state index contributed by atoms with van der Waals surface area (Å²) in [6.07, 6.45) is -4.65. The van der Waals surface area contributed by atoms with Gasteiger partial charge in [-0.2, -0.15) is 0 Å². The van der Waals surface area contributed by atoms with Gasteiger partial charge in [-0.05, 0) is 82.8 Å². The molecule has 0 amide bonds. The summed E-state index contributed by atoms with van der Waals surface area (Å²) in [5.74, 6) is 0. The molecule has 5 rings (SSSR count). The van der Waals surface area contributed by atoms with Crippen molar-refractivity contribution in [3.8, 4) is 0 Å². The van der Waals surface area contributed by atoms with Crippen molar-refractivity contribution in [2.45, 2.75) is 172 Å². The average molecular weight is 830 g/mol. The fraction of sp³-hybridized carbons (Fsp3) is 1.00. The predicted molar refractivity (Wildman–Crippen MR) is 210 cm³/mol. The summed E-state index contributed by atoms with van der Waals surface area (Å²) < 4.78 is 93.4. The maximum Gasteiger partial charge on any atom is 0.328 e. The lowest BCUT2D eigenvalue weighted by Gasteiger charge is -2.45. The van der Waals surface area contributed by atoms with Gasteiger partial charge in [0.25, 0.3) is 0 Å². The number of aliphatic hydroxyl groups is 2. The van der Waals surface area contributed by atoms with E-state index >= 15 is 0 Å². The van der Waals surface area contributed by atoms with E-state index in [1.54, 1.807) is 6.66 Å². The van der Waals surface area contributed by atoms with Crippen molar-refractivity contribution >= 4 is 47.7 Å². The Hall–Kier alpha value is 0.635. The molecular weight excluding hydrogens is 767 g/mol. The maximum atomic E-state index is 13.9. The molecule has 0 aliphatic carbocycles. The highest BCUT2D eigenvalue weighted by Crippen LogP contribution is 2.54. The normalized spacial score (nSPS) is 43.1. The van der Waals surface area contributed by atoms with Crippen LogP contribution < -0.4 is 0 Å². The summed E-state index contributed by atoms with van der Waals surface area (Å²) in [5, 5.41) is 17.7. The third-order valence-corrected chi connectivity index (χ3v) is 15.2. The molecule has 0 saturated carbocycles. The smallest absolute Gasteiger partial charge is 0.328 e. The first-order valence-corrected chi connectivity index (χ1v) is 23.7. The molecule has 0 bridgehead atoms. The van der Waals surface area contributed by atoms with E-state index in [2.05, 4.69) is 71.4 Å². The Labute approximate surface area is 328 Å². The molecule has 0 aromatic heterocycles. The van der Waals surface area contributed by atoms with Gasteiger partial charge in [0.05, 0.1) is 37.8 Å². The molecule has 5 aliphatic rings. The van der Waals surface area contributed by atoms with Crippen molar-refractivity contribution in [2.75, 3.05) is 39.8 Å². The van der Waals surface area contributed by atoms with Crippen LogP contribution in [0, 0.1) is 0 Å². The molecule has 12 nitrogen and oxygen atoms in total. The van der Waals surface area contributed by atoms with E-state index in [0.717, 1.165) is 6.92 Å². The van der Waals surface area contributed by atoms with Gasteiger partial charge in [-0.3, -0.25) is 18.4 Å². The topological polar surface area (TPSA) is 129 Å². The lowest BCUT2D eigenvalue weighted by Crippen LogP contribution is -2.45. The third kappa shape index (κ3) is 12.3. The summed E-state index contributed by atoms with van der Waals surface area (Å²) in [5.41, 5.74) is -5.39. The van der Waals surface area contributed by atoms with Crippen molar-refractivity contribution in [3.63, 3.8) is 0 Å². The largest absolute Gasteiger partial charge is 0.394 e. The van der Waals surface area contributed by atoms with Gasteiger partial charge in [0.15, 0.2) is 25.4 Å². The number of ether oxygens (including phenoxy) is 3. The Morgan fingerprint density at radius 3 is 1.57 bits per heavy atom. The van der Waals surface area contributed by atoms with Crippen molar-refractivity contribution in [3.05, 3.63) is 0 Å². The van der Waals surface area contributed by atoms with Crippen molar-refractivity contribution in [1.82, 2.24) is 9.34 Å². The number of hydrogen-bond acceptors (Lipinski definition) is 12. The number of fused-ring (bicyclic) bond motifs is 2. The predicted octanol–water partition coefficient (Wildman–Crippen LogP) is 4.94. The van der Waals surface area contributed by atoms with Crippen LogP contribution in [0.1, 0.15) is 76.2 Å². The van der Waals surface area contributed by atoms with Crippen LogP contribution >= 0.6 is 24.2 Å². The zero-order valence-electron chi connectivity index (χ0n) is 34.4. The van der Waals surface area contributed by atoms with Crippen LogP contribution in [0.15, 0.2) is 0 Å². The van der Waals surface area contributed by atoms with Crippen LogP contribution in [-0.2, 0) is 36.9 Å². The van der Waals surface area contributed by atoms with E-state index < -0.39 is 88.1 Å². The molecule has 14 atom stereocenters. The van der Waals surface area contributed by atoms with Crippen molar-refractivity contribution in [1.29, 1.82) is 0 Å². The van der Waals surface area contributed by atoms with E-state index in [-0.39, 0.29) is 20.9 Å². The number of alkyl halides is 3. The van der Waals surface area contributed by atoms with Crippen LogP contribution in [-0.4, -0.2) is 179 Å². The second-order valence-corrected chi connectivity index (χ2v) is 21.1. The van der Waals surface area contributed by atoms with Crippen LogP contribution in [0.2, 0.25) is 0 Å². The Kier molecular flexibility index (Phi) is 19.1. The fourth-order valence-corrected chi connectivity index (χ4v) is 12.2. The molecule has 2 unspecified atom stereocenters. The van der Waals surface area contributed by atoms with Gasteiger partial charge in [0, 0.05) is 45.7 Å². The summed E-state index contributed by atoms with van der Waals surface area (Å²) >= 11 is 0. The second kappa shape index (κ2) is 20.3. The van der Waals surface area contributed by atoms with Gasteiger partial charge < -0.3 is 38.0 Å². The van der Waals surface area contributed by atoms with E-state index in [1.165, 1.54) is 20.5 Å². The molecule has 2 N–H and O–H groups in total. The zero-order valence-corrected chi connectivity index (χ0v) is 37.1. The molecular formula is C33H63B3F3N2O10P3. The lowest BCUT2D eigenvalue weighted by atomic mass is 9.83. The Bertz CT molecular complexity index is 1190. The first-order chi connectivity index (χ1) is 24.5. The summed E-state index contributed by atoms with van der Waals surface area (Å²) in [7, 11) is 11.8. The summed E-state index contributed by atoms with van der Waals surface area (Å²) in [6, 6.07) is -0.638. The first-order valence-electron chi connectivity index (χ1n) is 18.4. The van der Waals surface area contributed by atoms with Gasteiger partial charge in [0.1, 0.15) is 60.2 Å². The monoisotopic (exact) mass is 830 g/mol. The third-order valence-electron chi connectivity index (χ3n) is 9.78. The molecule has 0 spiro atoms. The summed E-state index contributed by atoms with van der Waals surface area (Å²) in [6.45, 7) is 27.8. The molecule has 0 aromatic rings. The first kappa shape index (κ1) is 50.8. The Balaban J connectivity index is 0.000000251. The molecule has 310 valence electrons. The highest BCUT2D eigenvalue weighted by molar-refractivity contribution is 7.53. The minimum Gasteiger partial charge on any atom is -0.394 e. The Morgan fingerprint density at radius 1 is 0.796 bits per heavy atom. The van der Waals surface area contributed by atoms with Gasteiger partial charge in [0.2, 0.25) is 0 Å². The fourth-order valence-electron chi connectivity index (χ4n) is 6.96.